The predicted octanol–water partition coefficient (Wildman–Crippen LogP) is 1.38. The fraction of sp³-hybridized carbons (Fsp3) is 0.636. The molecule has 0 heterocycles. The number of nitrogens with one attached hydrogen (secondary N) is 1. The lowest BCUT2D eigenvalue weighted by Crippen LogP contribution is -2.30. The SMILES string of the molecule is C#CCCC.O=C(O)CNC(=O)OC1CC1. The second kappa shape index (κ2) is 8.60. The van der Waals surface area contributed by atoms with Crippen LogP contribution in [0, 0.1) is 12.3 Å². The van der Waals surface area contributed by atoms with E-state index in [0.717, 1.165) is 25.7 Å². The van der Waals surface area contributed by atoms with Crippen molar-refractivity contribution in [3.63, 3.8) is 0 Å². The van der Waals surface area contributed by atoms with Gasteiger partial charge < -0.3 is 15.2 Å². The summed E-state index contributed by atoms with van der Waals surface area (Å²) in [6.45, 7) is 1.69. The van der Waals surface area contributed by atoms with E-state index >= 15 is 0 Å². The molecule has 1 rings (SSSR count). The molecule has 5 heteroatoms. The Kier molecular flexibility index (Phi) is 7.68. The van der Waals surface area contributed by atoms with Crippen molar-refractivity contribution in [1.29, 1.82) is 0 Å². The van der Waals surface area contributed by atoms with Gasteiger partial charge in [0.2, 0.25) is 0 Å². The molecule has 0 aromatic rings. The largest absolute Gasteiger partial charge is 0.480 e. The first-order chi connectivity index (χ1) is 7.60. The molecule has 0 aromatic heterocycles. The van der Waals surface area contributed by atoms with E-state index in [0.29, 0.717) is 0 Å². The fourth-order valence-electron chi connectivity index (χ4n) is 0.671. The van der Waals surface area contributed by atoms with Gasteiger partial charge in [-0.3, -0.25) is 4.79 Å². The molecule has 90 valence electrons. The quantitative estimate of drug-likeness (QED) is 0.711. The van der Waals surface area contributed by atoms with E-state index in [1.165, 1.54) is 0 Å². The second-order valence-corrected chi connectivity index (χ2v) is 3.31. The highest BCUT2D eigenvalue weighted by atomic mass is 16.6. The van der Waals surface area contributed by atoms with Gasteiger partial charge in [0.1, 0.15) is 12.6 Å². The minimum Gasteiger partial charge on any atom is -0.480 e. The summed E-state index contributed by atoms with van der Waals surface area (Å²) in [6.07, 6.45) is 8.07. The molecule has 0 aliphatic heterocycles. The van der Waals surface area contributed by atoms with E-state index in [-0.39, 0.29) is 12.6 Å². The van der Waals surface area contributed by atoms with Gasteiger partial charge >= 0.3 is 12.1 Å². The molecule has 16 heavy (non-hydrogen) atoms. The van der Waals surface area contributed by atoms with Crippen LogP contribution in [0.3, 0.4) is 0 Å². The van der Waals surface area contributed by atoms with Crippen molar-refractivity contribution in [3.05, 3.63) is 0 Å². The second-order valence-electron chi connectivity index (χ2n) is 3.31. The molecule has 2 N–H and O–H groups in total. The molecule has 1 fully saturated rings. The first-order valence-electron chi connectivity index (χ1n) is 5.19. The van der Waals surface area contributed by atoms with Crippen molar-refractivity contribution in [2.75, 3.05) is 6.54 Å². The van der Waals surface area contributed by atoms with Crippen molar-refractivity contribution in [2.24, 2.45) is 0 Å². The van der Waals surface area contributed by atoms with Crippen LogP contribution >= 0.6 is 0 Å². The Morgan fingerprint density at radius 3 is 2.50 bits per heavy atom. The van der Waals surface area contributed by atoms with E-state index < -0.39 is 12.1 Å². The molecule has 0 radical (unpaired) electrons. The van der Waals surface area contributed by atoms with Gasteiger partial charge in [0.15, 0.2) is 0 Å². The fourth-order valence-corrected chi connectivity index (χ4v) is 0.671. The summed E-state index contributed by atoms with van der Waals surface area (Å²) in [4.78, 5) is 20.5. The predicted molar refractivity (Wildman–Crippen MR) is 58.9 cm³/mol. The number of alkyl carbamates (subject to hydrolysis) is 1. The molecule has 0 spiro atoms. The molecule has 0 unspecified atom stereocenters. The smallest absolute Gasteiger partial charge is 0.407 e. The summed E-state index contributed by atoms with van der Waals surface area (Å²) in [6, 6.07) is 0. The van der Waals surface area contributed by atoms with Crippen molar-refractivity contribution in [1.82, 2.24) is 5.32 Å². The van der Waals surface area contributed by atoms with E-state index in [1.807, 2.05) is 0 Å². The molecule has 5 nitrogen and oxygen atoms in total. The van der Waals surface area contributed by atoms with Gasteiger partial charge in [0.05, 0.1) is 0 Å². The van der Waals surface area contributed by atoms with Crippen LogP contribution in [-0.4, -0.2) is 29.8 Å². The summed E-state index contributed by atoms with van der Waals surface area (Å²) in [7, 11) is 0. The zero-order valence-electron chi connectivity index (χ0n) is 9.36. The van der Waals surface area contributed by atoms with Crippen LogP contribution in [0.5, 0.6) is 0 Å². The Bertz CT molecular complexity index is 266. The van der Waals surface area contributed by atoms with Gasteiger partial charge in [-0.05, 0) is 19.3 Å². The van der Waals surface area contributed by atoms with E-state index in [2.05, 4.69) is 18.2 Å². The van der Waals surface area contributed by atoms with Gasteiger partial charge in [-0.1, -0.05) is 6.92 Å². The average Bonchev–Trinajstić information content (AvgIpc) is 3.01. The Morgan fingerprint density at radius 2 is 2.19 bits per heavy atom. The maximum atomic E-state index is 10.6. The number of carboxylic acids is 1. The lowest BCUT2D eigenvalue weighted by Gasteiger charge is -2.01. The number of carboxylic acid groups (broad SMARTS) is 1. The molecule has 0 saturated heterocycles. The molecule has 1 amide bonds. The van der Waals surface area contributed by atoms with Crippen molar-refractivity contribution in [3.8, 4) is 12.3 Å². The Hall–Kier alpha value is -1.70. The zero-order valence-corrected chi connectivity index (χ0v) is 9.36. The maximum Gasteiger partial charge on any atom is 0.407 e. The Labute approximate surface area is 95.2 Å². The summed E-state index contributed by atoms with van der Waals surface area (Å²) in [5, 5.41) is 10.2. The highest BCUT2D eigenvalue weighted by molar-refractivity contribution is 5.76. The van der Waals surface area contributed by atoms with E-state index in [1.54, 1.807) is 0 Å². The number of hydrogen-bond acceptors (Lipinski definition) is 3. The van der Waals surface area contributed by atoms with Crippen LogP contribution in [0.2, 0.25) is 0 Å². The number of ether oxygens (including phenoxy) is 1. The molecular formula is C11H17NO4. The molecule has 1 aliphatic carbocycles. The van der Waals surface area contributed by atoms with Gasteiger partial charge in [-0.25, -0.2) is 4.79 Å². The standard InChI is InChI=1S/C6H9NO4.C5H8/c8-5(9)3-7-6(10)11-4-1-2-4;1-3-5-4-2/h4H,1-3H2,(H,7,10)(H,8,9);1H,4-5H2,2H3. The molecule has 1 aliphatic rings. The maximum absolute atomic E-state index is 10.6. The lowest BCUT2D eigenvalue weighted by atomic mass is 10.4. The van der Waals surface area contributed by atoms with Crippen molar-refractivity contribution >= 4 is 12.1 Å². The monoisotopic (exact) mass is 227 g/mol. The van der Waals surface area contributed by atoms with Crippen LogP contribution in [0.25, 0.3) is 0 Å². The highest BCUT2D eigenvalue weighted by Gasteiger charge is 2.25. The lowest BCUT2D eigenvalue weighted by molar-refractivity contribution is -0.135. The Balaban J connectivity index is 0.000000385. The minimum atomic E-state index is -1.07. The topological polar surface area (TPSA) is 75.6 Å². The molecule has 0 atom stereocenters. The van der Waals surface area contributed by atoms with Gasteiger partial charge in [-0.2, -0.15) is 0 Å². The number of aliphatic carboxylic acids is 1. The van der Waals surface area contributed by atoms with Crippen LogP contribution in [0.1, 0.15) is 32.6 Å². The van der Waals surface area contributed by atoms with Crippen LogP contribution in [0.4, 0.5) is 4.79 Å². The number of rotatable bonds is 4. The minimum absolute atomic E-state index is 0.0174. The third-order valence-electron chi connectivity index (χ3n) is 1.58. The van der Waals surface area contributed by atoms with Crippen LogP contribution < -0.4 is 5.32 Å². The van der Waals surface area contributed by atoms with E-state index in [9.17, 15) is 9.59 Å². The average molecular weight is 227 g/mol. The van der Waals surface area contributed by atoms with Crippen molar-refractivity contribution < 1.29 is 19.4 Å². The summed E-state index contributed by atoms with van der Waals surface area (Å²) in [5.41, 5.74) is 0. The number of terminal acetylenes is 1. The summed E-state index contributed by atoms with van der Waals surface area (Å²) in [5.74, 6) is 1.45. The third-order valence-corrected chi connectivity index (χ3v) is 1.58. The van der Waals surface area contributed by atoms with Gasteiger partial charge in [0, 0.05) is 6.42 Å². The van der Waals surface area contributed by atoms with E-state index in [4.69, 9.17) is 16.3 Å². The Morgan fingerprint density at radius 1 is 1.56 bits per heavy atom. The number of hydrogen-bond donors (Lipinski definition) is 2. The molecule has 0 bridgehead atoms. The van der Waals surface area contributed by atoms with Gasteiger partial charge in [0.25, 0.3) is 0 Å². The summed E-state index contributed by atoms with van der Waals surface area (Å²) >= 11 is 0. The number of amides is 1. The molecule has 1 saturated carbocycles. The third kappa shape index (κ3) is 10.4. The highest BCUT2D eigenvalue weighted by Crippen LogP contribution is 2.23. The van der Waals surface area contributed by atoms with Crippen molar-refractivity contribution in [2.45, 2.75) is 38.7 Å². The number of carbonyl (C=O) groups is 2. The molecular weight excluding hydrogens is 210 g/mol. The first kappa shape index (κ1) is 14.3. The van der Waals surface area contributed by atoms with Crippen LogP contribution in [-0.2, 0) is 9.53 Å². The molecule has 0 aromatic carbocycles. The number of carbonyl (C=O) groups excluding carboxylic acids is 1. The summed E-state index contributed by atoms with van der Waals surface area (Å²) < 4.78 is 4.70. The zero-order chi connectivity index (χ0) is 12.4. The first-order valence-corrected chi connectivity index (χ1v) is 5.19. The number of unbranched alkanes of at least 4 members (excludes halogenated alkanes) is 1. The normalized spacial score (nSPS) is 12.8. The van der Waals surface area contributed by atoms with Crippen LogP contribution in [0.15, 0.2) is 0 Å². The van der Waals surface area contributed by atoms with Gasteiger partial charge in [-0.15, -0.1) is 12.3 Å².